The molecule has 0 saturated heterocycles. The van der Waals surface area contributed by atoms with Gasteiger partial charge in [-0.25, -0.2) is 14.0 Å². The molecule has 0 radical (unpaired) electrons. The van der Waals surface area contributed by atoms with E-state index in [2.05, 4.69) is 20.6 Å². The molecule has 1 aromatic carbocycles. The van der Waals surface area contributed by atoms with E-state index in [1.165, 1.54) is 0 Å². The largest absolute Gasteiger partial charge is 0.368 e. The van der Waals surface area contributed by atoms with E-state index >= 15 is 0 Å². The van der Waals surface area contributed by atoms with Crippen LogP contribution in [-0.2, 0) is 16.3 Å². The van der Waals surface area contributed by atoms with Crippen LogP contribution >= 0.6 is 0 Å². The number of hydrogen-bond acceptors (Lipinski definition) is 8. The monoisotopic (exact) mass is 376 g/mol. The van der Waals surface area contributed by atoms with Crippen LogP contribution in [0.4, 0.5) is 17.3 Å². The lowest BCUT2D eigenvalue weighted by atomic mass is 10.2. The Balaban J connectivity index is 2.06. The van der Waals surface area contributed by atoms with Gasteiger partial charge in [-0.2, -0.15) is 4.98 Å². The Morgan fingerprint density at radius 2 is 2.04 bits per heavy atom. The normalized spacial score (nSPS) is 18.1. The minimum Gasteiger partial charge on any atom is -0.368 e. The molecule has 26 heavy (non-hydrogen) atoms. The Morgan fingerprint density at radius 1 is 1.31 bits per heavy atom. The Hall–Kier alpha value is -2.39. The highest BCUT2D eigenvalue weighted by Gasteiger charge is 2.33. The zero-order valence-electron chi connectivity index (χ0n) is 14.9. The minimum atomic E-state index is -3.08. The third-order valence-corrected chi connectivity index (χ3v) is 5.79. The molecule has 0 fully saturated rings. The Bertz CT molecular complexity index is 872. The summed E-state index contributed by atoms with van der Waals surface area (Å²) < 4.78 is 20.9. The molecule has 1 aliphatic heterocycles. The molecule has 1 aromatic heterocycles. The molecule has 3 rings (SSSR count). The molecule has 0 amide bonds. The van der Waals surface area contributed by atoms with Gasteiger partial charge >= 0.3 is 0 Å². The van der Waals surface area contributed by atoms with E-state index < -0.39 is 16.1 Å². The molecule has 2 heterocycles. The van der Waals surface area contributed by atoms with Crippen molar-refractivity contribution in [1.29, 1.82) is 4.78 Å². The second kappa shape index (κ2) is 7.46. The molecule has 1 aliphatic rings. The predicted molar refractivity (Wildman–Crippen MR) is 103 cm³/mol. The second-order valence-corrected chi connectivity index (χ2v) is 8.22. The fraction of sp³-hybridized carbons (Fsp3) is 0.412. The standard InChI is InChI=1S/C17H24N6O2S/c1-3-10-26(18,25)16-21-14(19-4-2)13-15(22-16)23(17(24)20-13)11-12-8-6-5-7-9-12/h5-9,17-18,20,24H,3-4,10-11H2,1-2H3,(H,19,21,22). The molecule has 140 valence electrons. The van der Waals surface area contributed by atoms with Crippen LogP contribution in [0.25, 0.3) is 0 Å². The maximum Gasteiger partial charge on any atom is 0.231 e. The molecule has 0 spiro atoms. The fourth-order valence-corrected chi connectivity index (χ4v) is 4.09. The molecule has 4 N–H and O–H groups in total. The second-order valence-electron chi connectivity index (χ2n) is 6.09. The lowest BCUT2D eigenvalue weighted by Gasteiger charge is -2.22. The number of rotatable bonds is 7. The first-order valence-electron chi connectivity index (χ1n) is 8.63. The van der Waals surface area contributed by atoms with Crippen LogP contribution in [0.3, 0.4) is 0 Å². The number of anilines is 3. The van der Waals surface area contributed by atoms with E-state index in [-0.39, 0.29) is 10.9 Å². The maximum atomic E-state index is 12.7. The van der Waals surface area contributed by atoms with E-state index in [1.54, 1.807) is 4.90 Å². The van der Waals surface area contributed by atoms with Crippen molar-refractivity contribution in [3.05, 3.63) is 35.9 Å². The van der Waals surface area contributed by atoms with Gasteiger partial charge in [0.05, 0.1) is 0 Å². The SMILES string of the molecule is CCCS(=N)(=O)c1nc(NCC)c2c(n1)N(Cc1ccccc1)C(O)N2. The van der Waals surface area contributed by atoms with Crippen molar-refractivity contribution in [1.82, 2.24) is 9.97 Å². The third kappa shape index (κ3) is 3.58. The number of nitrogens with one attached hydrogen (secondary N) is 3. The highest BCUT2D eigenvalue weighted by Crippen LogP contribution is 2.38. The summed E-state index contributed by atoms with van der Waals surface area (Å²) in [6, 6.07) is 9.71. The summed E-state index contributed by atoms with van der Waals surface area (Å²) in [7, 11) is -3.08. The van der Waals surface area contributed by atoms with Crippen molar-refractivity contribution in [3.8, 4) is 0 Å². The molecular weight excluding hydrogens is 352 g/mol. The summed E-state index contributed by atoms with van der Waals surface area (Å²) in [4.78, 5) is 10.4. The van der Waals surface area contributed by atoms with Gasteiger partial charge in [0.25, 0.3) is 0 Å². The van der Waals surface area contributed by atoms with Crippen LogP contribution in [0.2, 0.25) is 0 Å². The van der Waals surface area contributed by atoms with Crippen molar-refractivity contribution < 1.29 is 9.32 Å². The number of aliphatic hydroxyl groups is 1. The molecule has 0 bridgehead atoms. The van der Waals surface area contributed by atoms with Crippen LogP contribution in [0.5, 0.6) is 0 Å². The molecule has 2 aromatic rings. The highest BCUT2D eigenvalue weighted by molar-refractivity contribution is 7.92. The zero-order chi connectivity index (χ0) is 18.7. The third-order valence-electron chi connectivity index (χ3n) is 4.04. The number of fused-ring (bicyclic) bond motifs is 1. The van der Waals surface area contributed by atoms with Gasteiger partial charge in [0.2, 0.25) is 11.5 Å². The van der Waals surface area contributed by atoms with Crippen LogP contribution in [0, 0.1) is 4.78 Å². The fourth-order valence-electron chi connectivity index (χ4n) is 2.86. The molecule has 2 unspecified atom stereocenters. The van der Waals surface area contributed by atoms with E-state index in [0.717, 1.165) is 5.56 Å². The van der Waals surface area contributed by atoms with Gasteiger partial charge in [0.15, 0.2) is 11.6 Å². The Labute approximate surface area is 153 Å². The van der Waals surface area contributed by atoms with Gasteiger partial charge in [-0.1, -0.05) is 37.3 Å². The van der Waals surface area contributed by atoms with Crippen molar-refractivity contribution >= 4 is 27.1 Å². The molecular formula is C17H24N6O2S. The number of hydrogen-bond donors (Lipinski definition) is 4. The first-order chi connectivity index (χ1) is 12.5. The van der Waals surface area contributed by atoms with Crippen LogP contribution in [0.15, 0.2) is 35.5 Å². The maximum absolute atomic E-state index is 12.7. The van der Waals surface area contributed by atoms with Gasteiger partial charge in [0, 0.05) is 18.8 Å². The van der Waals surface area contributed by atoms with Crippen molar-refractivity contribution in [2.75, 3.05) is 27.8 Å². The van der Waals surface area contributed by atoms with E-state index in [1.807, 2.05) is 44.2 Å². The van der Waals surface area contributed by atoms with E-state index in [4.69, 9.17) is 4.78 Å². The van der Waals surface area contributed by atoms with E-state index in [0.29, 0.717) is 36.8 Å². The summed E-state index contributed by atoms with van der Waals surface area (Å²) in [6.45, 7) is 4.83. The Morgan fingerprint density at radius 3 is 2.69 bits per heavy atom. The molecule has 8 nitrogen and oxygen atoms in total. The van der Waals surface area contributed by atoms with Gasteiger partial charge in [-0.3, -0.25) is 0 Å². The smallest absolute Gasteiger partial charge is 0.231 e. The van der Waals surface area contributed by atoms with Gasteiger partial charge in [-0.15, -0.1) is 0 Å². The zero-order valence-corrected chi connectivity index (χ0v) is 15.7. The number of aliphatic hydroxyl groups excluding tert-OH is 1. The Kier molecular flexibility index (Phi) is 5.28. The number of aromatic nitrogens is 2. The quantitative estimate of drug-likeness (QED) is 0.549. The molecule has 9 heteroatoms. The predicted octanol–water partition coefficient (Wildman–Crippen LogP) is 2.43. The first kappa shape index (κ1) is 18.4. The molecule has 0 saturated carbocycles. The van der Waals surface area contributed by atoms with Crippen molar-refractivity contribution in [2.24, 2.45) is 0 Å². The topological polar surface area (TPSA) is 114 Å². The van der Waals surface area contributed by atoms with Gasteiger partial charge < -0.3 is 20.6 Å². The lowest BCUT2D eigenvalue weighted by Crippen LogP contribution is -2.35. The summed E-state index contributed by atoms with van der Waals surface area (Å²) in [5.41, 5.74) is 1.57. The molecule has 0 aliphatic carbocycles. The summed E-state index contributed by atoms with van der Waals surface area (Å²) in [5.74, 6) is 1.11. The first-order valence-corrected chi connectivity index (χ1v) is 10.4. The van der Waals surface area contributed by atoms with Crippen LogP contribution < -0.4 is 15.5 Å². The number of benzene rings is 1. The average Bonchev–Trinajstić information content (AvgIpc) is 2.92. The van der Waals surface area contributed by atoms with Crippen molar-refractivity contribution in [2.45, 2.75) is 38.3 Å². The van der Waals surface area contributed by atoms with E-state index in [9.17, 15) is 9.32 Å². The minimum absolute atomic E-state index is 0.00279. The summed E-state index contributed by atoms with van der Waals surface area (Å²) in [5, 5.41) is 16.5. The lowest BCUT2D eigenvalue weighted by molar-refractivity contribution is 0.201. The average molecular weight is 376 g/mol. The summed E-state index contributed by atoms with van der Waals surface area (Å²) in [6.07, 6.45) is -0.367. The van der Waals surface area contributed by atoms with Crippen molar-refractivity contribution in [3.63, 3.8) is 0 Å². The molecule has 2 atom stereocenters. The van der Waals surface area contributed by atoms with Crippen LogP contribution in [-0.4, -0.2) is 37.9 Å². The summed E-state index contributed by atoms with van der Waals surface area (Å²) >= 11 is 0. The highest BCUT2D eigenvalue weighted by atomic mass is 32.2. The van der Waals surface area contributed by atoms with Gasteiger partial charge in [-0.05, 0) is 18.9 Å². The number of nitrogens with zero attached hydrogens (tertiary/aromatic N) is 3. The van der Waals surface area contributed by atoms with Gasteiger partial charge in [0.1, 0.15) is 15.4 Å². The van der Waals surface area contributed by atoms with Crippen LogP contribution in [0.1, 0.15) is 25.8 Å².